The first-order chi connectivity index (χ1) is 13.0. The van der Waals surface area contributed by atoms with Gasteiger partial charge in [-0.2, -0.15) is 0 Å². The fraction of sp³-hybridized carbons (Fsp3) is 0.350. The molecule has 1 unspecified atom stereocenters. The number of carbonyl (C=O) groups is 1. The number of ether oxygens (including phenoxy) is 4. The van der Waals surface area contributed by atoms with Gasteiger partial charge in [-0.25, -0.2) is 4.39 Å². The van der Waals surface area contributed by atoms with Gasteiger partial charge in [-0.1, -0.05) is 19.1 Å². The lowest BCUT2D eigenvalue weighted by Crippen LogP contribution is -2.37. The second-order valence-corrected chi connectivity index (χ2v) is 5.66. The second kappa shape index (κ2) is 9.66. The van der Waals surface area contributed by atoms with E-state index in [1.807, 2.05) is 0 Å². The molecule has 0 aliphatic heterocycles. The molecule has 1 amide bonds. The Balaban J connectivity index is 2.10. The molecule has 2 aromatic carbocycles. The number of benzene rings is 2. The van der Waals surface area contributed by atoms with Crippen molar-refractivity contribution >= 4 is 5.91 Å². The first kappa shape index (κ1) is 20.4. The molecule has 146 valence electrons. The van der Waals surface area contributed by atoms with E-state index in [2.05, 4.69) is 5.32 Å². The number of amides is 1. The van der Waals surface area contributed by atoms with E-state index in [0.29, 0.717) is 29.2 Å². The van der Waals surface area contributed by atoms with Crippen LogP contribution in [0.5, 0.6) is 23.0 Å². The molecule has 0 aliphatic rings. The molecule has 1 atom stereocenters. The fourth-order valence-electron chi connectivity index (χ4n) is 2.61. The SMILES string of the molecule is CCC(Oc1ccccc1F)C(=O)NCc1ccc(OC)c(OC)c1OC. The second-order valence-electron chi connectivity index (χ2n) is 5.66. The highest BCUT2D eigenvalue weighted by Gasteiger charge is 2.21. The van der Waals surface area contributed by atoms with Crippen molar-refractivity contribution in [2.75, 3.05) is 21.3 Å². The minimum atomic E-state index is -0.812. The fourth-order valence-corrected chi connectivity index (χ4v) is 2.61. The Morgan fingerprint density at radius 1 is 1.00 bits per heavy atom. The zero-order valence-electron chi connectivity index (χ0n) is 15.9. The number of halogens is 1. The summed E-state index contributed by atoms with van der Waals surface area (Å²) in [5.41, 5.74) is 0.712. The standard InChI is InChI=1S/C20H24FNO5/c1-5-15(27-16-9-7-6-8-14(16)21)20(23)22-12-13-10-11-17(24-2)19(26-4)18(13)25-3/h6-11,15H,5,12H2,1-4H3,(H,22,23). The van der Waals surface area contributed by atoms with Gasteiger partial charge in [0.15, 0.2) is 29.2 Å². The van der Waals surface area contributed by atoms with E-state index in [-0.39, 0.29) is 18.2 Å². The Hall–Kier alpha value is -2.96. The normalized spacial score (nSPS) is 11.4. The van der Waals surface area contributed by atoms with E-state index in [9.17, 15) is 9.18 Å². The van der Waals surface area contributed by atoms with Crippen molar-refractivity contribution in [3.05, 3.63) is 47.8 Å². The average molecular weight is 377 g/mol. The van der Waals surface area contributed by atoms with E-state index in [0.717, 1.165) is 0 Å². The third-order valence-electron chi connectivity index (χ3n) is 4.01. The van der Waals surface area contributed by atoms with Crippen molar-refractivity contribution in [2.45, 2.75) is 26.0 Å². The molecule has 2 rings (SSSR count). The Kier molecular flexibility index (Phi) is 7.28. The summed E-state index contributed by atoms with van der Waals surface area (Å²) in [6, 6.07) is 9.50. The molecule has 0 bridgehead atoms. The van der Waals surface area contributed by atoms with Gasteiger partial charge in [-0.15, -0.1) is 0 Å². The van der Waals surface area contributed by atoms with Gasteiger partial charge in [-0.05, 0) is 30.7 Å². The molecule has 0 aliphatic carbocycles. The molecular weight excluding hydrogens is 353 g/mol. The van der Waals surface area contributed by atoms with Gasteiger partial charge in [-0.3, -0.25) is 4.79 Å². The molecule has 7 heteroatoms. The van der Waals surface area contributed by atoms with Gasteiger partial charge < -0.3 is 24.3 Å². The van der Waals surface area contributed by atoms with Gasteiger partial charge in [0.1, 0.15) is 0 Å². The molecule has 0 heterocycles. The molecular formula is C20H24FNO5. The molecule has 0 radical (unpaired) electrons. The lowest BCUT2D eigenvalue weighted by Gasteiger charge is -2.19. The topological polar surface area (TPSA) is 66.0 Å². The van der Waals surface area contributed by atoms with Gasteiger partial charge in [0.2, 0.25) is 5.75 Å². The molecule has 27 heavy (non-hydrogen) atoms. The van der Waals surface area contributed by atoms with Crippen molar-refractivity contribution in [3.8, 4) is 23.0 Å². The molecule has 6 nitrogen and oxygen atoms in total. The van der Waals surface area contributed by atoms with Crippen LogP contribution < -0.4 is 24.3 Å². The van der Waals surface area contributed by atoms with Crippen LogP contribution in [0.2, 0.25) is 0 Å². The van der Waals surface area contributed by atoms with Crippen molar-refractivity contribution in [1.29, 1.82) is 0 Å². The Morgan fingerprint density at radius 2 is 1.70 bits per heavy atom. The molecule has 0 saturated heterocycles. The van der Waals surface area contributed by atoms with Gasteiger partial charge >= 0.3 is 0 Å². The zero-order chi connectivity index (χ0) is 19.8. The quantitative estimate of drug-likeness (QED) is 0.726. The lowest BCUT2D eigenvalue weighted by molar-refractivity contribution is -0.128. The number of para-hydroxylation sites is 1. The highest BCUT2D eigenvalue weighted by Crippen LogP contribution is 2.39. The van der Waals surface area contributed by atoms with Crippen molar-refractivity contribution in [2.24, 2.45) is 0 Å². The molecule has 2 aromatic rings. The van der Waals surface area contributed by atoms with Gasteiger partial charge in [0, 0.05) is 12.1 Å². The number of methoxy groups -OCH3 is 3. The Labute approximate surface area is 158 Å². The van der Waals surface area contributed by atoms with E-state index >= 15 is 0 Å². The van der Waals surface area contributed by atoms with Crippen molar-refractivity contribution in [3.63, 3.8) is 0 Å². The summed E-state index contributed by atoms with van der Waals surface area (Å²) < 4.78 is 35.3. The van der Waals surface area contributed by atoms with Crippen LogP contribution in [0, 0.1) is 5.82 Å². The van der Waals surface area contributed by atoms with Crippen LogP contribution >= 0.6 is 0 Å². The van der Waals surface area contributed by atoms with E-state index in [1.54, 1.807) is 31.2 Å². The highest BCUT2D eigenvalue weighted by molar-refractivity contribution is 5.81. The van der Waals surface area contributed by atoms with E-state index < -0.39 is 11.9 Å². The van der Waals surface area contributed by atoms with E-state index in [1.165, 1.54) is 33.5 Å². The van der Waals surface area contributed by atoms with Crippen LogP contribution in [-0.2, 0) is 11.3 Å². The predicted molar refractivity (Wildman–Crippen MR) is 99.1 cm³/mol. The van der Waals surface area contributed by atoms with Crippen molar-refractivity contribution in [1.82, 2.24) is 5.32 Å². The zero-order valence-corrected chi connectivity index (χ0v) is 15.9. The lowest BCUT2D eigenvalue weighted by atomic mass is 10.1. The highest BCUT2D eigenvalue weighted by atomic mass is 19.1. The third kappa shape index (κ3) is 4.81. The number of rotatable bonds is 9. The van der Waals surface area contributed by atoms with E-state index in [4.69, 9.17) is 18.9 Å². The molecule has 1 N–H and O–H groups in total. The van der Waals surface area contributed by atoms with Crippen LogP contribution in [0.4, 0.5) is 4.39 Å². The largest absolute Gasteiger partial charge is 0.493 e. The van der Waals surface area contributed by atoms with Crippen molar-refractivity contribution < 1.29 is 28.1 Å². The van der Waals surface area contributed by atoms with Gasteiger partial charge in [0.05, 0.1) is 21.3 Å². The predicted octanol–water partition coefficient (Wildman–Crippen LogP) is 3.33. The number of hydrogen-bond donors (Lipinski definition) is 1. The first-order valence-corrected chi connectivity index (χ1v) is 8.52. The molecule has 0 spiro atoms. The Bertz CT molecular complexity index is 781. The summed E-state index contributed by atoms with van der Waals surface area (Å²) >= 11 is 0. The summed E-state index contributed by atoms with van der Waals surface area (Å²) in [7, 11) is 4.56. The number of hydrogen-bond acceptors (Lipinski definition) is 5. The summed E-state index contributed by atoms with van der Waals surface area (Å²) in [6.07, 6.45) is -0.420. The molecule has 0 saturated carbocycles. The maximum atomic E-state index is 13.8. The maximum absolute atomic E-state index is 13.8. The molecule has 0 aromatic heterocycles. The average Bonchev–Trinajstić information content (AvgIpc) is 2.70. The minimum absolute atomic E-state index is 0.0446. The minimum Gasteiger partial charge on any atom is -0.493 e. The monoisotopic (exact) mass is 377 g/mol. The van der Waals surface area contributed by atoms with Crippen LogP contribution in [0.25, 0.3) is 0 Å². The summed E-state index contributed by atoms with van der Waals surface area (Å²) in [6.45, 7) is 1.99. The number of nitrogens with one attached hydrogen (secondary N) is 1. The van der Waals surface area contributed by atoms with Gasteiger partial charge in [0.25, 0.3) is 5.91 Å². The first-order valence-electron chi connectivity index (χ1n) is 8.52. The Morgan fingerprint density at radius 3 is 2.30 bits per heavy atom. The molecule has 0 fully saturated rings. The van der Waals surface area contributed by atoms with Crippen LogP contribution in [0.15, 0.2) is 36.4 Å². The number of carbonyl (C=O) groups excluding carboxylic acids is 1. The van der Waals surface area contributed by atoms with Crippen LogP contribution in [0.1, 0.15) is 18.9 Å². The van der Waals surface area contributed by atoms with Crippen LogP contribution in [-0.4, -0.2) is 33.3 Å². The van der Waals surface area contributed by atoms with Crippen LogP contribution in [0.3, 0.4) is 0 Å². The summed E-state index contributed by atoms with van der Waals surface area (Å²) in [4.78, 5) is 12.5. The summed E-state index contributed by atoms with van der Waals surface area (Å²) in [5, 5.41) is 2.79. The maximum Gasteiger partial charge on any atom is 0.261 e. The third-order valence-corrected chi connectivity index (χ3v) is 4.01. The smallest absolute Gasteiger partial charge is 0.261 e. The summed E-state index contributed by atoms with van der Waals surface area (Å²) in [5.74, 6) is 0.631.